The third kappa shape index (κ3) is 2.28. The Bertz CT molecular complexity index is 437. The second-order valence-electron chi connectivity index (χ2n) is 4.94. The lowest BCUT2D eigenvalue weighted by atomic mass is 9.97. The molecule has 2 unspecified atom stereocenters. The van der Waals surface area contributed by atoms with Gasteiger partial charge in [0.1, 0.15) is 5.75 Å². The van der Waals surface area contributed by atoms with Gasteiger partial charge in [0.15, 0.2) is 0 Å². The van der Waals surface area contributed by atoms with Gasteiger partial charge in [-0.05, 0) is 29.5 Å². The molecule has 0 spiro atoms. The molecule has 0 radical (unpaired) electrons. The zero-order valence-corrected chi connectivity index (χ0v) is 10.4. The number of rotatable bonds is 4. The molecule has 1 aliphatic carbocycles. The number of methoxy groups -OCH3 is 1. The first-order valence-electron chi connectivity index (χ1n) is 5.95. The first-order valence-corrected chi connectivity index (χ1v) is 5.95. The van der Waals surface area contributed by atoms with Crippen LogP contribution in [0.4, 0.5) is 0 Å². The van der Waals surface area contributed by atoms with Gasteiger partial charge in [-0.15, -0.1) is 0 Å². The summed E-state index contributed by atoms with van der Waals surface area (Å²) in [5.74, 6) is 0.448. The molecular formula is C14H18O3. The standard InChI is InChI=1S/C14H18O3/c1-8(2)9-4-5-13(17-3)11(6-9)10-7-12(10)14(15)16/h4-6,8,10,12H,7H2,1-3H3,(H,15,16). The highest BCUT2D eigenvalue weighted by Crippen LogP contribution is 2.50. The highest BCUT2D eigenvalue weighted by molar-refractivity contribution is 5.75. The Balaban J connectivity index is 2.31. The predicted molar refractivity (Wildman–Crippen MR) is 65.6 cm³/mol. The quantitative estimate of drug-likeness (QED) is 0.871. The SMILES string of the molecule is COc1ccc(C(C)C)cc1C1CC1C(=O)O. The molecule has 2 atom stereocenters. The molecule has 1 saturated carbocycles. The van der Waals surface area contributed by atoms with Crippen molar-refractivity contribution in [2.75, 3.05) is 7.11 Å². The van der Waals surface area contributed by atoms with Gasteiger partial charge in [-0.25, -0.2) is 0 Å². The van der Waals surface area contributed by atoms with Crippen molar-refractivity contribution in [3.05, 3.63) is 29.3 Å². The van der Waals surface area contributed by atoms with Crippen molar-refractivity contribution in [1.29, 1.82) is 0 Å². The van der Waals surface area contributed by atoms with Crippen LogP contribution in [-0.4, -0.2) is 18.2 Å². The monoisotopic (exact) mass is 234 g/mol. The molecule has 1 aliphatic rings. The lowest BCUT2D eigenvalue weighted by Crippen LogP contribution is -2.01. The fraction of sp³-hybridized carbons (Fsp3) is 0.500. The van der Waals surface area contributed by atoms with E-state index in [0.717, 1.165) is 17.7 Å². The molecule has 1 aromatic carbocycles. The van der Waals surface area contributed by atoms with Crippen LogP contribution in [0.5, 0.6) is 5.75 Å². The molecule has 0 heterocycles. The molecule has 2 rings (SSSR count). The van der Waals surface area contributed by atoms with Crippen molar-refractivity contribution in [1.82, 2.24) is 0 Å². The first kappa shape index (κ1) is 12.0. The fourth-order valence-corrected chi connectivity index (χ4v) is 2.21. The van der Waals surface area contributed by atoms with Crippen LogP contribution in [0.2, 0.25) is 0 Å². The Morgan fingerprint density at radius 1 is 1.47 bits per heavy atom. The summed E-state index contributed by atoms with van der Waals surface area (Å²) >= 11 is 0. The maximum Gasteiger partial charge on any atom is 0.307 e. The predicted octanol–water partition coefficient (Wildman–Crippen LogP) is 3.01. The topological polar surface area (TPSA) is 46.5 Å². The Kier molecular flexibility index (Phi) is 3.09. The highest BCUT2D eigenvalue weighted by Gasteiger charge is 2.45. The molecule has 1 N–H and O–H groups in total. The van der Waals surface area contributed by atoms with Gasteiger partial charge < -0.3 is 9.84 Å². The van der Waals surface area contributed by atoms with Crippen LogP contribution in [0.3, 0.4) is 0 Å². The minimum Gasteiger partial charge on any atom is -0.496 e. The maximum absolute atomic E-state index is 10.9. The molecular weight excluding hydrogens is 216 g/mol. The van der Waals surface area contributed by atoms with Crippen LogP contribution >= 0.6 is 0 Å². The third-order valence-electron chi connectivity index (χ3n) is 3.43. The Morgan fingerprint density at radius 3 is 2.65 bits per heavy atom. The van der Waals surface area contributed by atoms with Crippen molar-refractivity contribution in [3.63, 3.8) is 0 Å². The third-order valence-corrected chi connectivity index (χ3v) is 3.43. The van der Waals surface area contributed by atoms with Gasteiger partial charge in [-0.1, -0.05) is 26.0 Å². The number of hydrogen-bond donors (Lipinski definition) is 1. The molecule has 92 valence electrons. The molecule has 0 amide bonds. The summed E-state index contributed by atoms with van der Waals surface area (Å²) in [4.78, 5) is 10.9. The second-order valence-corrected chi connectivity index (χ2v) is 4.94. The smallest absolute Gasteiger partial charge is 0.307 e. The normalized spacial score (nSPS) is 22.6. The van der Waals surface area contributed by atoms with Crippen molar-refractivity contribution in [3.8, 4) is 5.75 Å². The number of carboxylic acid groups (broad SMARTS) is 1. The van der Waals surface area contributed by atoms with Crippen LogP contribution in [0.15, 0.2) is 18.2 Å². The van der Waals surface area contributed by atoms with Gasteiger partial charge in [0.2, 0.25) is 0 Å². The first-order chi connectivity index (χ1) is 8.04. The minimum absolute atomic E-state index is 0.126. The molecule has 3 nitrogen and oxygen atoms in total. The van der Waals surface area contributed by atoms with Crippen LogP contribution in [0.1, 0.15) is 43.2 Å². The molecule has 17 heavy (non-hydrogen) atoms. The molecule has 0 aliphatic heterocycles. The molecule has 0 saturated heterocycles. The number of carboxylic acids is 1. The van der Waals surface area contributed by atoms with Crippen LogP contribution in [-0.2, 0) is 4.79 Å². The summed E-state index contributed by atoms with van der Waals surface area (Å²) in [6, 6.07) is 6.09. The molecule has 0 bridgehead atoms. The van der Waals surface area contributed by atoms with Crippen LogP contribution in [0, 0.1) is 5.92 Å². The summed E-state index contributed by atoms with van der Waals surface area (Å²) in [7, 11) is 1.63. The van der Waals surface area contributed by atoms with Gasteiger partial charge >= 0.3 is 5.97 Å². The van der Waals surface area contributed by atoms with E-state index in [2.05, 4.69) is 19.9 Å². The van der Waals surface area contributed by atoms with E-state index in [1.807, 2.05) is 12.1 Å². The lowest BCUT2D eigenvalue weighted by molar-refractivity contribution is -0.138. The minimum atomic E-state index is -0.702. The van der Waals surface area contributed by atoms with Crippen molar-refractivity contribution < 1.29 is 14.6 Å². The van der Waals surface area contributed by atoms with Gasteiger partial charge in [-0.3, -0.25) is 4.79 Å². The van der Waals surface area contributed by atoms with Crippen LogP contribution < -0.4 is 4.74 Å². The fourth-order valence-electron chi connectivity index (χ4n) is 2.21. The number of hydrogen-bond acceptors (Lipinski definition) is 2. The van der Waals surface area contributed by atoms with Gasteiger partial charge in [0, 0.05) is 5.92 Å². The summed E-state index contributed by atoms with van der Waals surface area (Å²) in [6.07, 6.45) is 0.729. The summed E-state index contributed by atoms with van der Waals surface area (Å²) < 4.78 is 5.32. The Morgan fingerprint density at radius 2 is 2.18 bits per heavy atom. The largest absolute Gasteiger partial charge is 0.496 e. The van der Waals surface area contributed by atoms with E-state index in [4.69, 9.17) is 9.84 Å². The molecule has 1 aromatic rings. The van der Waals surface area contributed by atoms with E-state index in [0.29, 0.717) is 5.92 Å². The average Bonchev–Trinajstić information content (AvgIpc) is 3.08. The van der Waals surface area contributed by atoms with E-state index < -0.39 is 5.97 Å². The zero-order chi connectivity index (χ0) is 12.6. The van der Waals surface area contributed by atoms with Gasteiger partial charge in [0.25, 0.3) is 0 Å². The molecule has 3 heteroatoms. The van der Waals surface area contributed by atoms with E-state index in [1.54, 1.807) is 7.11 Å². The number of ether oxygens (including phenoxy) is 1. The second kappa shape index (κ2) is 4.40. The summed E-state index contributed by atoms with van der Waals surface area (Å²) in [5.41, 5.74) is 2.28. The van der Waals surface area contributed by atoms with Crippen LogP contribution in [0.25, 0.3) is 0 Å². The lowest BCUT2D eigenvalue weighted by Gasteiger charge is -2.12. The van der Waals surface area contributed by atoms with E-state index >= 15 is 0 Å². The maximum atomic E-state index is 10.9. The zero-order valence-electron chi connectivity index (χ0n) is 10.4. The summed E-state index contributed by atoms with van der Waals surface area (Å²) in [5, 5.41) is 8.99. The number of carbonyl (C=O) groups is 1. The van der Waals surface area contributed by atoms with Crippen molar-refractivity contribution in [2.24, 2.45) is 5.92 Å². The Hall–Kier alpha value is -1.51. The average molecular weight is 234 g/mol. The van der Waals surface area contributed by atoms with Crippen molar-refractivity contribution >= 4 is 5.97 Å². The summed E-state index contributed by atoms with van der Waals surface area (Å²) in [6.45, 7) is 4.26. The highest BCUT2D eigenvalue weighted by atomic mass is 16.5. The van der Waals surface area contributed by atoms with E-state index in [-0.39, 0.29) is 11.8 Å². The molecule has 0 aromatic heterocycles. The number of benzene rings is 1. The van der Waals surface area contributed by atoms with Crippen molar-refractivity contribution in [2.45, 2.75) is 32.1 Å². The van der Waals surface area contributed by atoms with Gasteiger partial charge in [0.05, 0.1) is 13.0 Å². The van der Waals surface area contributed by atoms with E-state index in [1.165, 1.54) is 5.56 Å². The Labute approximate surface area is 101 Å². The molecule has 1 fully saturated rings. The van der Waals surface area contributed by atoms with Gasteiger partial charge in [-0.2, -0.15) is 0 Å². The van der Waals surface area contributed by atoms with E-state index in [9.17, 15) is 4.79 Å². The number of aliphatic carboxylic acids is 1.